The van der Waals surface area contributed by atoms with Crippen LogP contribution < -0.4 is 15.0 Å². The van der Waals surface area contributed by atoms with Crippen LogP contribution in [0.5, 0.6) is 5.75 Å². The summed E-state index contributed by atoms with van der Waals surface area (Å²) >= 11 is 0. The van der Waals surface area contributed by atoms with Crippen LogP contribution in [0.2, 0.25) is 0 Å². The predicted molar refractivity (Wildman–Crippen MR) is 108 cm³/mol. The van der Waals surface area contributed by atoms with Gasteiger partial charge in [-0.05, 0) is 48.2 Å². The summed E-state index contributed by atoms with van der Waals surface area (Å²) in [4.78, 5) is 15.1. The van der Waals surface area contributed by atoms with E-state index in [0.29, 0.717) is 5.95 Å². The van der Waals surface area contributed by atoms with E-state index >= 15 is 0 Å². The average Bonchev–Trinajstić information content (AvgIpc) is 2.73. The van der Waals surface area contributed by atoms with Crippen molar-refractivity contribution in [2.75, 3.05) is 37.5 Å². The number of hydrogen-bond donors (Lipinski definition) is 1. The third-order valence-corrected chi connectivity index (χ3v) is 4.39. The fraction of sp³-hybridized carbons (Fsp3) is 0.286. The van der Waals surface area contributed by atoms with Crippen LogP contribution in [0.25, 0.3) is 0 Å². The molecule has 140 valence electrons. The molecule has 6 nitrogen and oxygen atoms in total. The number of benzene rings is 1. The Balaban J connectivity index is 1.53. The SMILES string of the molecule is COc1ccccc1CCNc1nccc(N(C)CCc2ccncc2)n1. The third-order valence-electron chi connectivity index (χ3n) is 4.39. The van der Waals surface area contributed by atoms with Crippen molar-refractivity contribution in [3.05, 3.63) is 72.2 Å². The zero-order chi connectivity index (χ0) is 18.9. The number of pyridine rings is 1. The van der Waals surface area contributed by atoms with E-state index in [1.807, 2.05) is 55.8 Å². The molecule has 6 heteroatoms. The zero-order valence-corrected chi connectivity index (χ0v) is 15.8. The molecule has 0 aliphatic carbocycles. The molecular weight excluding hydrogens is 338 g/mol. The van der Waals surface area contributed by atoms with Crippen LogP contribution >= 0.6 is 0 Å². The van der Waals surface area contributed by atoms with E-state index in [2.05, 4.69) is 31.2 Å². The predicted octanol–water partition coefficient (Wildman–Crippen LogP) is 3.21. The molecule has 0 unspecified atom stereocenters. The summed E-state index contributed by atoms with van der Waals surface area (Å²) in [5.41, 5.74) is 2.43. The topological polar surface area (TPSA) is 63.2 Å². The molecule has 27 heavy (non-hydrogen) atoms. The number of nitrogens with one attached hydrogen (secondary N) is 1. The monoisotopic (exact) mass is 363 g/mol. The number of likely N-dealkylation sites (N-methyl/N-ethyl adjacent to an activating group) is 1. The number of aromatic nitrogens is 3. The van der Waals surface area contributed by atoms with Crippen molar-refractivity contribution in [1.29, 1.82) is 0 Å². The number of hydrogen-bond acceptors (Lipinski definition) is 6. The van der Waals surface area contributed by atoms with Crippen molar-refractivity contribution < 1.29 is 4.74 Å². The van der Waals surface area contributed by atoms with Crippen molar-refractivity contribution >= 4 is 11.8 Å². The highest BCUT2D eigenvalue weighted by atomic mass is 16.5. The smallest absolute Gasteiger partial charge is 0.224 e. The highest BCUT2D eigenvalue weighted by Crippen LogP contribution is 2.18. The molecule has 1 N–H and O–H groups in total. The Morgan fingerprint density at radius 2 is 1.81 bits per heavy atom. The summed E-state index contributed by atoms with van der Waals surface area (Å²) in [6.07, 6.45) is 7.22. The van der Waals surface area contributed by atoms with Crippen LogP contribution in [0.1, 0.15) is 11.1 Å². The summed E-state index contributed by atoms with van der Waals surface area (Å²) in [7, 11) is 3.74. The van der Waals surface area contributed by atoms with Gasteiger partial charge < -0.3 is 15.0 Å². The van der Waals surface area contributed by atoms with Gasteiger partial charge in [0, 0.05) is 38.7 Å². The summed E-state index contributed by atoms with van der Waals surface area (Å²) in [5, 5.41) is 3.30. The molecule has 0 aliphatic rings. The minimum Gasteiger partial charge on any atom is -0.496 e. The molecule has 1 aromatic carbocycles. The largest absolute Gasteiger partial charge is 0.496 e. The number of ether oxygens (including phenoxy) is 1. The molecule has 3 rings (SSSR count). The van der Waals surface area contributed by atoms with Gasteiger partial charge in [-0.1, -0.05) is 18.2 Å². The first kappa shape index (κ1) is 18.6. The molecule has 0 atom stereocenters. The zero-order valence-electron chi connectivity index (χ0n) is 15.8. The molecular formula is C21H25N5O. The van der Waals surface area contributed by atoms with Gasteiger partial charge in [-0.3, -0.25) is 4.98 Å². The Bertz CT molecular complexity index is 841. The second-order valence-electron chi connectivity index (χ2n) is 6.25. The lowest BCUT2D eigenvalue weighted by Crippen LogP contribution is -2.22. The van der Waals surface area contributed by atoms with Crippen LogP contribution in [0, 0.1) is 0 Å². The van der Waals surface area contributed by atoms with E-state index in [-0.39, 0.29) is 0 Å². The number of methoxy groups -OCH3 is 1. The minimum atomic E-state index is 0.637. The Kier molecular flexibility index (Phi) is 6.57. The number of rotatable bonds is 9. The molecule has 2 aromatic heterocycles. The van der Waals surface area contributed by atoms with Crippen molar-refractivity contribution in [2.45, 2.75) is 12.8 Å². The van der Waals surface area contributed by atoms with Gasteiger partial charge in [-0.15, -0.1) is 0 Å². The maximum absolute atomic E-state index is 5.39. The molecule has 0 spiro atoms. The van der Waals surface area contributed by atoms with Crippen molar-refractivity contribution in [1.82, 2.24) is 15.0 Å². The Hall–Kier alpha value is -3.15. The van der Waals surface area contributed by atoms with Gasteiger partial charge in [0.15, 0.2) is 0 Å². The molecule has 0 bridgehead atoms. The normalized spacial score (nSPS) is 10.4. The third kappa shape index (κ3) is 5.41. The van der Waals surface area contributed by atoms with Gasteiger partial charge in [-0.25, -0.2) is 4.98 Å². The van der Waals surface area contributed by atoms with Crippen LogP contribution in [0.4, 0.5) is 11.8 Å². The molecule has 0 aliphatic heterocycles. The van der Waals surface area contributed by atoms with Crippen molar-refractivity contribution in [2.24, 2.45) is 0 Å². The molecule has 0 amide bonds. The van der Waals surface area contributed by atoms with Crippen LogP contribution in [-0.2, 0) is 12.8 Å². The molecule has 3 aromatic rings. The second kappa shape index (κ2) is 9.52. The average molecular weight is 363 g/mol. The first-order valence-corrected chi connectivity index (χ1v) is 9.05. The van der Waals surface area contributed by atoms with Gasteiger partial charge in [-0.2, -0.15) is 4.98 Å². The molecule has 0 saturated carbocycles. The molecule has 0 saturated heterocycles. The first-order chi connectivity index (χ1) is 13.3. The standard InChI is InChI=1S/C21H25N5O/c1-26(16-11-17-7-12-22-13-8-17)20-10-15-24-21(25-20)23-14-9-18-5-3-4-6-19(18)27-2/h3-8,10,12-13,15H,9,11,14,16H2,1-2H3,(H,23,24,25). The van der Waals surface area contributed by atoms with Crippen molar-refractivity contribution in [3.8, 4) is 5.75 Å². The lowest BCUT2D eigenvalue weighted by Gasteiger charge is -2.18. The Labute approximate surface area is 160 Å². The van der Waals surface area contributed by atoms with Crippen LogP contribution in [0.3, 0.4) is 0 Å². The highest BCUT2D eigenvalue weighted by molar-refractivity contribution is 5.42. The van der Waals surface area contributed by atoms with E-state index in [1.165, 1.54) is 5.56 Å². The molecule has 2 heterocycles. The molecule has 0 radical (unpaired) electrons. The fourth-order valence-electron chi connectivity index (χ4n) is 2.83. The Morgan fingerprint density at radius 3 is 2.63 bits per heavy atom. The number of anilines is 2. The van der Waals surface area contributed by atoms with E-state index in [4.69, 9.17) is 4.74 Å². The second-order valence-corrected chi connectivity index (χ2v) is 6.25. The van der Waals surface area contributed by atoms with Gasteiger partial charge in [0.1, 0.15) is 11.6 Å². The fourth-order valence-corrected chi connectivity index (χ4v) is 2.83. The Morgan fingerprint density at radius 1 is 1.00 bits per heavy atom. The maximum atomic E-state index is 5.39. The van der Waals surface area contributed by atoms with Crippen LogP contribution in [0.15, 0.2) is 61.1 Å². The van der Waals surface area contributed by atoms with E-state index < -0.39 is 0 Å². The quantitative estimate of drug-likeness (QED) is 0.630. The van der Waals surface area contributed by atoms with E-state index in [0.717, 1.165) is 43.1 Å². The highest BCUT2D eigenvalue weighted by Gasteiger charge is 2.06. The lowest BCUT2D eigenvalue weighted by molar-refractivity contribution is 0.410. The summed E-state index contributed by atoms with van der Waals surface area (Å²) in [5.74, 6) is 2.45. The van der Waals surface area contributed by atoms with Crippen LogP contribution in [-0.4, -0.2) is 42.2 Å². The summed E-state index contributed by atoms with van der Waals surface area (Å²) in [6, 6.07) is 14.1. The van der Waals surface area contributed by atoms with Gasteiger partial charge in [0.05, 0.1) is 7.11 Å². The van der Waals surface area contributed by atoms with Crippen molar-refractivity contribution in [3.63, 3.8) is 0 Å². The summed E-state index contributed by atoms with van der Waals surface area (Å²) < 4.78 is 5.39. The minimum absolute atomic E-state index is 0.637. The maximum Gasteiger partial charge on any atom is 0.224 e. The van der Waals surface area contributed by atoms with Gasteiger partial charge in [0.25, 0.3) is 0 Å². The van der Waals surface area contributed by atoms with E-state index in [1.54, 1.807) is 13.3 Å². The van der Waals surface area contributed by atoms with E-state index in [9.17, 15) is 0 Å². The lowest BCUT2D eigenvalue weighted by atomic mass is 10.1. The summed E-state index contributed by atoms with van der Waals surface area (Å²) in [6.45, 7) is 1.62. The number of para-hydroxylation sites is 1. The van der Waals surface area contributed by atoms with Gasteiger partial charge in [0.2, 0.25) is 5.95 Å². The number of nitrogens with zero attached hydrogens (tertiary/aromatic N) is 4. The molecule has 0 fully saturated rings. The first-order valence-electron chi connectivity index (χ1n) is 9.05. The van der Waals surface area contributed by atoms with Gasteiger partial charge >= 0.3 is 0 Å².